The van der Waals surface area contributed by atoms with E-state index in [-0.39, 0.29) is 5.91 Å². The highest BCUT2D eigenvalue weighted by atomic mass is 16.2. The number of carbonyl (C=O) groups excluding carboxylic acids is 1. The number of hydrogen-bond acceptors (Lipinski definition) is 3. The maximum atomic E-state index is 13.3. The van der Waals surface area contributed by atoms with Gasteiger partial charge in [-0.2, -0.15) is 5.10 Å². The molecule has 0 atom stereocenters. The second kappa shape index (κ2) is 7.70. The maximum Gasteiger partial charge on any atom is 0.257 e. The van der Waals surface area contributed by atoms with Crippen LogP contribution in [0.1, 0.15) is 58.6 Å². The van der Waals surface area contributed by atoms with Crippen LogP contribution in [0.2, 0.25) is 0 Å². The third-order valence-corrected chi connectivity index (χ3v) is 6.75. The molecule has 1 aliphatic carbocycles. The number of carbonyl (C=O) groups is 1. The highest BCUT2D eigenvalue weighted by Crippen LogP contribution is 2.26. The van der Waals surface area contributed by atoms with E-state index in [1.54, 1.807) is 0 Å². The van der Waals surface area contributed by atoms with Gasteiger partial charge in [-0.25, -0.2) is 4.68 Å². The Balaban J connectivity index is 1.54. The predicted molar refractivity (Wildman–Crippen MR) is 112 cm³/mol. The summed E-state index contributed by atoms with van der Waals surface area (Å²) >= 11 is 0. The Morgan fingerprint density at radius 2 is 1.68 bits per heavy atom. The van der Waals surface area contributed by atoms with Crippen LogP contribution in [0, 0.1) is 27.7 Å². The Kier molecular flexibility index (Phi) is 5.28. The summed E-state index contributed by atoms with van der Waals surface area (Å²) in [5.41, 5.74) is 6.04. The third kappa shape index (κ3) is 3.37. The molecule has 2 fully saturated rings. The van der Waals surface area contributed by atoms with Crippen molar-refractivity contribution in [3.8, 4) is 5.69 Å². The van der Waals surface area contributed by atoms with Gasteiger partial charge in [-0.3, -0.25) is 9.69 Å². The number of aryl methyl sites for hydroxylation is 2. The Morgan fingerprint density at radius 3 is 2.36 bits per heavy atom. The Bertz CT molecular complexity index is 871. The van der Waals surface area contributed by atoms with Crippen molar-refractivity contribution in [1.29, 1.82) is 0 Å². The van der Waals surface area contributed by atoms with Crippen molar-refractivity contribution in [2.45, 2.75) is 59.4 Å². The molecule has 1 amide bonds. The van der Waals surface area contributed by atoms with Gasteiger partial charge in [0.1, 0.15) is 0 Å². The topological polar surface area (TPSA) is 41.4 Å². The second-order valence-electron chi connectivity index (χ2n) is 8.44. The molecule has 1 saturated carbocycles. The van der Waals surface area contributed by atoms with Crippen molar-refractivity contribution in [1.82, 2.24) is 19.6 Å². The number of piperazine rings is 1. The minimum absolute atomic E-state index is 0.137. The van der Waals surface area contributed by atoms with E-state index in [2.05, 4.69) is 36.9 Å². The number of aromatic nitrogens is 2. The van der Waals surface area contributed by atoms with Crippen LogP contribution < -0.4 is 0 Å². The Morgan fingerprint density at radius 1 is 1.00 bits per heavy atom. The van der Waals surface area contributed by atoms with Crippen molar-refractivity contribution in [2.75, 3.05) is 26.2 Å². The summed E-state index contributed by atoms with van der Waals surface area (Å²) in [5.74, 6) is 0.137. The van der Waals surface area contributed by atoms with Crippen LogP contribution >= 0.6 is 0 Å². The van der Waals surface area contributed by atoms with Gasteiger partial charge in [-0.15, -0.1) is 0 Å². The lowest BCUT2D eigenvalue weighted by Crippen LogP contribution is -2.51. The molecule has 0 bridgehead atoms. The average molecular weight is 381 g/mol. The minimum Gasteiger partial charge on any atom is -0.336 e. The molecule has 150 valence electrons. The molecule has 2 aromatic rings. The predicted octanol–water partition coefficient (Wildman–Crippen LogP) is 3.81. The first kappa shape index (κ1) is 19.2. The van der Waals surface area contributed by atoms with Gasteiger partial charge in [0.05, 0.1) is 22.6 Å². The van der Waals surface area contributed by atoms with Gasteiger partial charge in [-0.1, -0.05) is 25.0 Å². The molecule has 4 rings (SSSR count). The summed E-state index contributed by atoms with van der Waals surface area (Å²) in [6.07, 6.45) is 5.38. The van der Waals surface area contributed by atoms with Crippen molar-refractivity contribution in [3.05, 3.63) is 46.3 Å². The van der Waals surface area contributed by atoms with E-state index in [0.717, 1.165) is 54.9 Å². The van der Waals surface area contributed by atoms with Gasteiger partial charge in [0, 0.05) is 32.2 Å². The van der Waals surface area contributed by atoms with E-state index in [1.165, 1.54) is 36.8 Å². The van der Waals surface area contributed by atoms with Crippen LogP contribution in [-0.2, 0) is 0 Å². The Hall–Kier alpha value is -2.14. The molecule has 0 N–H and O–H groups in total. The molecule has 1 aromatic heterocycles. The quantitative estimate of drug-likeness (QED) is 0.813. The molecule has 0 spiro atoms. The molecular weight excluding hydrogens is 348 g/mol. The fraction of sp³-hybridized carbons (Fsp3) is 0.565. The minimum atomic E-state index is 0.137. The molecule has 5 heteroatoms. The van der Waals surface area contributed by atoms with Gasteiger partial charge < -0.3 is 4.90 Å². The highest BCUT2D eigenvalue weighted by Gasteiger charge is 2.30. The number of benzene rings is 1. The molecule has 1 saturated heterocycles. The smallest absolute Gasteiger partial charge is 0.257 e. The summed E-state index contributed by atoms with van der Waals surface area (Å²) in [4.78, 5) is 17.9. The number of rotatable bonds is 3. The van der Waals surface area contributed by atoms with Crippen LogP contribution in [-0.4, -0.2) is 57.7 Å². The lowest BCUT2D eigenvalue weighted by molar-refractivity contribution is 0.0572. The van der Waals surface area contributed by atoms with Gasteiger partial charge in [0.2, 0.25) is 0 Å². The summed E-state index contributed by atoms with van der Waals surface area (Å²) in [5, 5.41) is 4.73. The number of amides is 1. The van der Waals surface area contributed by atoms with Crippen LogP contribution in [0.25, 0.3) is 5.69 Å². The molecule has 0 unspecified atom stereocenters. The fourth-order valence-electron chi connectivity index (χ4n) is 4.87. The first-order valence-corrected chi connectivity index (χ1v) is 10.6. The molecular formula is C23H32N4O. The summed E-state index contributed by atoms with van der Waals surface area (Å²) in [6.45, 7) is 11.8. The molecule has 28 heavy (non-hydrogen) atoms. The van der Waals surface area contributed by atoms with Crippen molar-refractivity contribution < 1.29 is 4.79 Å². The fourth-order valence-corrected chi connectivity index (χ4v) is 4.87. The average Bonchev–Trinajstić information content (AvgIpc) is 3.32. The van der Waals surface area contributed by atoms with E-state index in [4.69, 9.17) is 5.10 Å². The van der Waals surface area contributed by atoms with Crippen LogP contribution in [0.3, 0.4) is 0 Å². The number of nitrogens with zero attached hydrogens (tertiary/aromatic N) is 4. The lowest BCUT2D eigenvalue weighted by Gasteiger charge is -2.38. The maximum absolute atomic E-state index is 13.3. The van der Waals surface area contributed by atoms with Crippen molar-refractivity contribution >= 4 is 5.91 Å². The van der Waals surface area contributed by atoms with Crippen LogP contribution in [0.15, 0.2) is 18.2 Å². The van der Waals surface area contributed by atoms with Crippen LogP contribution in [0.5, 0.6) is 0 Å². The van der Waals surface area contributed by atoms with E-state index >= 15 is 0 Å². The molecule has 2 aliphatic rings. The molecule has 0 radical (unpaired) electrons. The lowest BCUT2D eigenvalue weighted by atomic mass is 10.1. The SMILES string of the molecule is Cc1cccc(-n2nc(C)c(C(=O)N3CCN(C4CCCC4)CC3)c2C)c1C. The second-order valence-corrected chi connectivity index (χ2v) is 8.44. The van der Waals surface area contributed by atoms with E-state index < -0.39 is 0 Å². The van der Waals surface area contributed by atoms with Gasteiger partial charge >= 0.3 is 0 Å². The summed E-state index contributed by atoms with van der Waals surface area (Å²) < 4.78 is 1.94. The van der Waals surface area contributed by atoms with Gasteiger partial charge in [0.25, 0.3) is 5.91 Å². The van der Waals surface area contributed by atoms with Crippen molar-refractivity contribution in [3.63, 3.8) is 0 Å². The zero-order valence-electron chi connectivity index (χ0n) is 17.7. The van der Waals surface area contributed by atoms with Gasteiger partial charge in [0.15, 0.2) is 0 Å². The van der Waals surface area contributed by atoms with E-state index in [9.17, 15) is 4.79 Å². The van der Waals surface area contributed by atoms with E-state index in [0.29, 0.717) is 0 Å². The normalized spacial score (nSPS) is 18.8. The molecule has 5 nitrogen and oxygen atoms in total. The zero-order chi connectivity index (χ0) is 19.8. The first-order valence-electron chi connectivity index (χ1n) is 10.6. The Labute approximate surface area is 168 Å². The highest BCUT2D eigenvalue weighted by molar-refractivity contribution is 5.96. The molecule has 1 aliphatic heterocycles. The van der Waals surface area contributed by atoms with Crippen molar-refractivity contribution in [2.24, 2.45) is 0 Å². The summed E-state index contributed by atoms with van der Waals surface area (Å²) in [6, 6.07) is 6.99. The first-order chi connectivity index (χ1) is 13.5. The molecule has 2 heterocycles. The largest absolute Gasteiger partial charge is 0.336 e. The standard InChI is InChI=1S/C23H32N4O/c1-16-8-7-11-21(17(16)2)27-19(4)22(18(3)24-27)23(28)26-14-12-25(13-15-26)20-9-5-6-10-20/h7-8,11,20H,5-6,9-10,12-15H2,1-4H3. The molecule has 1 aromatic carbocycles. The zero-order valence-corrected chi connectivity index (χ0v) is 17.7. The van der Waals surface area contributed by atoms with Gasteiger partial charge in [-0.05, 0) is 57.7 Å². The third-order valence-electron chi connectivity index (χ3n) is 6.75. The summed E-state index contributed by atoms with van der Waals surface area (Å²) in [7, 11) is 0. The number of hydrogen-bond donors (Lipinski definition) is 0. The monoisotopic (exact) mass is 380 g/mol. The van der Waals surface area contributed by atoms with E-state index in [1.807, 2.05) is 23.4 Å². The van der Waals surface area contributed by atoms with Crippen LogP contribution in [0.4, 0.5) is 0 Å².